The van der Waals surface area contributed by atoms with Crippen molar-refractivity contribution < 1.29 is 33.3 Å². The molecular weight excluding hydrogens is 774 g/mol. The van der Waals surface area contributed by atoms with Crippen LogP contribution in [0.3, 0.4) is 0 Å². The van der Waals surface area contributed by atoms with Gasteiger partial charge in [0.1, 0.15) is 29.4 Å². The number of nitrogens with one attached hydrogen (secondary N) is 1. The SMILES string of the molecule is COc1cc2c(cc1-n1nc(C(=O)NCCN3CCC(C(=O)OCCCBr)CC3)c3cnc(-c4cnn5cccnc45)cc31)OCCN2C(=O)OC(C)(C)C. The highest BCUT2D eigenvalue weighted by Gasteiger charge is 2.31. The Hall–Kier alpha value is -5.29. The lowest BCUT2D eigenvalue weighted by Crippen LogP contribution is -2.41. The smallest absolute Gasteiger partial charge is 0.415 e. The maximum atomic E-state index is 13.9. The Labute approximate surface area is 326 Å². The highest BCUT2D eigenvalue weighted by atomic mass is 79.9. The fraction of sp³-hybridized carbons (Fsp3) is 0.447. The molecule has 1 N–H and O–H groups in total. The molecule has 0 bridgehead atoms. The van der Waals surface area contributed by atoms with E-state index in [0.717, 1.165) is 24.8 Å². The number of likely N-dealkylation sites (tertiary alicyclic amines) is 1. The van der Waals surface area contributed by atoms with Gasteiger partial charge in [-0.3, -0.25) is 19.5 Å². The van der Waals surface area contributed by atoms with E-state index in [4.69, 9.17) is 29.0 Å². The Balaban J connectivity index is 1.18. The van der Waals surface area contributed by atoms with E-state index < -0.39 is 11.7 Å². The molecule has 0 aliphatic carbocycles. The van der Waals surface area contributed by atoms with Crippen LogP contribution in [0.1, 0.15) is 50.5 Å². The molecule has 1 fully saturated rings. The van der Waals surface area contributed by atoms with Crippen molar-refractivity contribution in [1.29, 1.82) is 0 Å². The van der Waals surface area contributed by atoms with Crippen molar-refractivity contribution in [2.24, 2.45) is 5.92 Å². The first-order valence-electron chi connectivity index (χ1n) is 18.3. The number of hydrogen-bond donors (Lipinski definition) is 1. The third-order valence-electron chi connectivity index (χ3n) is 9.46. The summed E-state index contributed by atoms with van der Waals surface area (Å²) in [7, 11) is 1.53. The molecule has 0 atom stereocenters. The second-order valence-electron chi connectivity index (χ2n) is 14.3. The molecule has 1 aromatic carbocycles. The minimum Gasteiger partial charge on any atom is -0.494 e. The van der Waals surface area contributed by atoms with Gasteiger partial charge in [-0.1, -0.05) is 15.9 Å². The number of amides is 2. The molecule has 0 unspecified atom stereocenters. The van der Waals surface area contributed by atoms with Gasteiger partial charge in [0, 0.05) is 49.1 Å². The first-order valence-corrected chi connectivity index (χ1v) is 19.4. The van der Waals surface area contributed by atoms with Crippen LogP contribution >= 0.6 is 15.9 Å². The molecule has 1 saturated heterocycles. The van der Waals surface area contributed by atoms with E-state index in [0.29, 0.717) is 89.8 Å². The summed E-state index contributed by atoms with van der Waals surface area (Å²) in [6, 6.07) is 7.09. The number of benzene rings is 1. The topological polar surface area (TPSA) is 168 Å². The zero-order valence-corrected chi connectivity index (χ0v) is 32.9. The molecule has 17 heteroatoms. The third kappa shape index (κ3) is 8.22. The quantitative estimate of drug-likeness (QED) is 0.107. The summed E-state index contributed by atoms with van der Waals surface area (Å²) in [5.41, 5.74) is 2.94. The van der Waals surface area contributed by atoms with Crippen molar-refractivity contribution in [3.05, 3.63) is 54.7 Å². The second-order valence-corrected chi connectivity index (χ2v) is 15.1. The summed E-state index contributed by atoms with van der Waals surface area (Å²) >= 11 is 3.36. The minimum atomic E-state index is -0.689. The summed E-state index contributed by atoms with van der Waals surface area (Å²) in [5.74, 6) is 0.218. The van der Waals surface area contributed by atoms with Crippen LogP contribution < -0.4 is 19.7 Å². The predicted molar refractivity (Wildman–Crippen MR) is 207 cm³/mol. The van der Waals surface area contributed by atoms with E-state index in [2.05, 4.69) is 36.2 Å². The van der Waals surface area contributed by atoms with Gasteiger partial charge in [-0.25, -0.2) is 19.0 Å². The Bertz CT molecular complexity index is 2210. The Kier molecular flexibility index (Phi) is 11.2. The number of ether oxygens (including phenoxy) is 4. The van der Waals surface area contributed by atoms with Gasteiger partial charge in [0.2, 0.25) is 0 Å². The molecule has 16 nitrogen and oxygen atoms in total. The molecule has 55 heavy (non-hydrogen) atoms. The lowest BCUT2D eigenvalue weighted by Gasteiger charge is -2.32. The molecule has 2 aliphatic heterocycles. The van der Waals surface area contributed by atoms with E-state index >= 15 is 0 Å². The number of alkyl halides is 1. The zero-order valence-electron chi connectivity index (χ0n) is 31.3. The number of pyridine rings is 1. The largest absolute Gasteiger partial charge is 0.494 e. The Morgan fingerprint density at radius 2 is 1.87 bits per heavy atom. The maximum absolute atomic E-state index is 13.9. The van der Waals surface area contributed by atoms with Gasteiger partial charge in [0.15, 0.2) is 11.3 Å². The summed E-state index contributed by atoms with van der Waals surface area (Å²) < 4.78 is 26.3. The van der Waals surface area contributed by atoms with E-state index in [1.165, 1.54) is 12.0 Å². The Morgan fingerprint density at radius 1 is 1.05 bits per heavy atom. The van der Waals surface area contributed by atoms with Crippen molar-refractivity contribution in [3.8, 4) is 28.4 Å². The van der Waals surface area contributed by atoms with Gasteiger partial charge in [0.05, 0.1) is 60.2 Å². The van der Waals surface area contributed by atoms with Crippen LogP contribution in [0.25, 0.3) is 33.5 Å². The summed E-state index contributed by atoms with van der Waals surface area (Å²) in [5, 5.41) is 13.6. The van der Waals surface area contributed by atoms with Crippen LogP contribution in [0.5, 0.6) is 11.5 Å². The lowest BCUT2D eigenvalue weighted by molar-refractivity contribution is -0.150. The van der Waals surface area contributed by atoms with E-state index in [-0.39, 0.29) is 30.1 Å². The number of anilines is 1. The number of aromatic nitrogens is 6. The van der Waals surface area contributed by atoms with Crippen LogP contribution in [0.2, 0.25) is 0 Å². The monoisotopic (exact) mass is 817 g/mol. The molecule has 0 radical (unpaired) electrons. The number of nitrogens with zero attached hydrogens (tertiary/aromatic N) is 8. The van der Waals surface area contributed by atoms with Crippen molar-refractivity contribution >= 4 is 56.1 Å². The van der Waals surface area contributed by atoms with E-state index in [1.807, 2.05) is 26.8 Å². The van der Waals surface area contributed by atoms with Crippen molar-refractivity contribution in [3.63, 3.8) is 0 Å². The van der Waals surface area contributed by atoms with Crippen LogP contribution in [-0.4, -0.2) is 116 Å². The van der Waals surface area contributed by atoms with E-state index in [1.54, 1.807) is 52.2 Å². The fourth-order valence-corrected chi connectivity index (χ4v) is 6.96. The average molecular weight is 819 g/mol. The number of carbonyl (C=O) groups excluding carboxylic acids is 3. The highest BCUT2D eigenvalue weighted by molar-refractivity contribution is 9.09. The Morgan fingerprint density at radius 3 is 2.64 bits per heavy atom. The summed E-state index contributed by atoms with van der Waals surface area (Å²) in [6.45, 7) is 8.89. The average Bonchev–Trinajstić information content (AvgIpc) is 3.78. The molecule has 7 rings (SSSR count). The number of piperidine rings is 1. The van der Waals surface area contributed by atoms with Gasteiger partial charge in [-0.15, -0.1) is 0 Å². The molecule has 2 amide bonds. The fourth-order valence-electron chi connectivity index (χ4n) is 6.73. The van der Waals surface area contributed by atoms with Gasteiger partial charge >= 0.3 is 12.1 Å². The molecule has 4 aromatic heterocycles. The molecule has 2 aliphatic rings. The number of carbonyl (C=O) groups is 3. The predicted octanol–water partition coefficient (Wildman–Crippen LogP) is 5.04. The van der Waals surface area contributed by atoms with Crippen LogP contribution in [-0.2, 0) is 14.3 Å². The highest BCUT2D eigenvalue weighted by Crippen LogP contribution is 2.41. The van der Waals surface area contributed by atoms with Crippen molar-refractivity contribution in [2.75, 3.05) is 63.3 Å². The first-order chi connectivity index (χ1) is 26.5. The molecule has 0 saturated carbocycles. The van der Waals surface area contributed by atoms with Crippen molar-refractivity contribution in [1.82, 2.24) is 39.6 Å². The van der Waals surface area contributed by atoms with Crippen molar-refractivity contribution in [2.45, 2.75) is 45.6 Å². The van der Waals surface area contributed by atoms with Gasteiger partial charge < -0.3 is 29.2 Å². The number of rotatable bonds is 11. The molecular formula is C38H44BrN9O7. The number of esters is 1. The third-order valence-corrected chi connectivity index (χ3v) is 10.0. The number of hydrogen-bond acceptors (Lipinski definition) is 12. The van der Waals surface area contributed by atoms with E-state index in [9.17, 15) is 14.4 Å². The minimum absolute atomic E-state index is 0.100. The normalized spacial score (nSPS) is 15.1. The molecule has 290 valence electrons. The lowest BCUT2D eigenvalue weighted by atomic mass is 9.97. The zero-order chi connectivity index (χ0) is 38.7. The van der Waals surface area contributed by atoms with Crippen LogP contribution in [0, 0.1) is 5.92 Å². The maximum Gasteiger partial charge on any atom is 0.415 e. The number of methoxy groups -OCH3 is 1. The molecule has 6 heterocycles. The van der Waals surface area contributed by atoms with Gasteiger partial charge in [-0.05, 0) is 65.3 Å². The first kappa shape index (κ1) is 38.0. The molecule has 0 spiro atoms. The second kappa shape index (κ2) is 16.2. The molecule has 5 aromatic rings. The summed E-state index contributed by atoms with van der Waals surface area (Å²) in [4.78, 5) is 52.5. The van der Waals surface area contributed by atoms with Gasteiger partial charge in [0.25, 0.3) is 5.91 Å². The van der Waals surface area contributed by atoms with Crippen LogP contribution in [0.4, 0.5) is 10.5 Å². The number of halogens is 1. The summed E-state index contributed by atoms with van der Waals surface area (Å²) in [6.07, 6.45) is 8.54. The van der Waals surface area contributed by atoms with Gasteiger partial charge in [-0.2, -0.15) is 10.2 Å². The standard InChI is InChI=1S/C38H44BrN9O7/c1-38(2,3)55-37(51)46-16-18-53-32-21-30(31(52-4)20-29(32)46)48-28-19-27(25-23-43-47-12-6-10-40-34(25)47)42-22-26(28)33(44-48)35(49)41-11-15-45-13-7-24(8-14-45)36(50)54-17-5-9-39/h6,10,12,19-24H,5,7-9,11,13-18H2,1-4H3,(H,41,49). The van der Waals surface area contributed by atoms with Crippen LogP contribution in [0.15, 0.2) is 49.1 Å². The number of fused-ring (bicyclic) bond motifs is 3.